The molecule has 2 heteroatoms. The molecule has 0 amide bonds. The van der Waals surface area contributed by atoms with Crippen LogP contribution in [0.5, 0.6) is 0 Å². The van der Waals surface area contributed by atoms with Gasteiger partial charge in [-0.25, -0.2) is 0 Å². The van der Waals surface area contributed by atoms with Crippen molar-refractivity contribution in [3.05, 3.63) is 36.0 Å². The summed E-state index contributed by atoms with van der Waals surface area (Å²) in [5, 5.41) is 4.83. The average molecular weight is 230 g/mol. The Hall–Kier alpha value is -1.28. The van der Waals surface area contributed by atoms with Crippen LogP contribution in [0.1, 0.15) is 25.3 Å². The standard InChI is InChI=1S/C15H22N2/c1-3-4-8-16-9-11-17-10-7-14-12-13(2)5-6-15(14)17/h5-7,10,12,16H,3-4,8-9,11H2,1-2H3. The second kappa shape index (κ2) is 5.87. The van der Waals surface area contributed by atoms with E-state index in [2.05, 4.69) is 54.2 Å². The van der Waals surface area contributed by atoms with Gasteiger partial charge in [-0.1, -0.05) is 25.0 Å². The first-order valence-corrected chi connectivity index (χ1v) is 6.57. The first-order valence-electron chi connectivity index (χ1n) is 6.57. The van der Waals surface area contributed by atoms with E-state index in [-0.39, 0.29) is 0 Å². The van der Waals surface area contributed by atoms with Crippen LogP contribution in [0.2, 0.25) is 0 Å². The quantitative estimate of drug-likeness (QED) is 0.753. The first kappa shape index (κ1) is 12.2. The normalized spacial score (nSPS) is 11.2. The molecule has 0 radical (unpaired) electrons. The van der Waals surface area contributed by atoms with Gasteiger partial charge in [0.2, 0.25) is 0 Å². The van der Waals surface area contributed by atoms with Crippen molar-refractivity contribution < 1.29 is 0 Å². The maximum absolute atomic E-state index is 3.48. The number of unbranched alkanes of at least 4 members (excludes halogenated alkanes) is 1. The molecule has 0 fully saturated rings. The van der Waals surface area contributed by atoms with Gasteiger partial charge in [0.25, 0.3) is 0 Å². The van der Waals surface area contributed by atoms with Crippen molar-refractivity contribution in [2.75, 3.05) is 13.1 Å². The van der Waals surface area contributed by atoms with Gasteiger partial charge < -0.3 is 9.88 Å². The molecular weight excluding hydrogens is 208 g/mol. The number of benzene rings is 1. The third kappa shape index (κ3) is 3.10. The number of nitrogens with one attached hydrogen (secondary N) is 1. The van der Waals surface area contributed by atoms with Crippen molar-refractivity contribution in [3.63, 3.8) is 0 Å². The van der Waals surface area contributed by atoms with Gasteiger partial charge in [0, 0.05) is 24.8 Å². The minimum absolute atomic E-state index is 1.05. The van der Waals surface area contributed by atoms with Crippen molar-refractivity contribution in [1.29, 1.82) is 0 Å². The van der Waals surface area contributed by atoms with Crippen LogP contribution < -0.4 is 5.32 Å². The van der Waals surface area contributed by atoms with Gasteiger partial charge in [0.15, 0.2) is 0 Å². The smallest absolute Gasteiger partial charge is 0.0480 e. The molecule has 0 saturated heterocycles. The van der Waals surface area contributed by atoms with Crippen LogP contribution in [0.4, 0.5) is 0 Å². The molecule has 1 aromatic carbocycles. The van der Waals surface area contributed by atoms with E-state index >= 15 is 0 Å². The molecule has 0 unspecified atom stereocenters. The molecule has 0 spiro atoms. The van der Waals surface area contributed by atoms with E-state index in [4.69, 9.17) is 0 Å². The summed E-state index contributed by atoms with van der Waals surface area (Å²) in [7, 11) is 0. The molecule has 0 bridgehead atoms. The van der Waals surface area contributed by atoms with Gasteiger partial charge in [0.1, 0.15) is 0 Å². The number of hydrogen-bond donors (Lipinski definition) is 1. The summed E-state index contributed by atoms with van der Waals surface area (Å²) in [6.07, 6.45) is 4.72. The highest BCUT2D eigenvalue weighted by molar-refractivity contribution is 5.80. The van der Waals surface area contributed by atoms with Gasteiger partial charge in [-0.2, -0.15) is 0 Å². The minimum Gasteiger partial charge on any atom is -0.346 e. The fourth-order valence-electron chi connectivity index (χ4n) is 2.14. The number of fused-ring (bicyclic) bond motifs is 1. The predicted octanol–water partition coefficient (Wildman–Crippen LogP) is 3.34. The summed E-state index contributed by atoms with van der Waals surface area (Å²) in [6, 6.07) is 8.85. The SMILES string of the molecule is CCCCNCCn1ccc2cc(C)ccc21. The number of aryl methyl sites for hydroxylation is 1. The van der Waals surface area contributed by atoms with E-state index in [1.807, 2.05) is 0 Å². The molecule has 2 rings (SSSR count). The summed E-state index contributed by atoms with van der Waals surface area (Å²) in [5.41, 5.74) is 2.67. The number of hydrogen-bond acceptors (Lipinski definition) is 1. The lowest BCUT2D eigenvalue weighted by Gasteiger charge is -2.07. The van der Waals surface area contributed by atoms with E-state index in [1.54, 1.807) is 0 Å². The maximum atomic E-state index is 3.48. The molecule has 0 aliphatic carbocycles. The molecule has 2 nitrogen and oxygen atoms in total. The van der Waals surface area contributed by atoms with Crippen molar-refractivity contribution in [3.8, 4) is 0 Å². The molecule has 1 aromatic heterocycles. The van der Waals surface area contributed by atoms with Crippen LogP contribution in [0.25, 0.3) is 10.9 Å². The Kier molecular flexibility index (Phi) is 4.21. The Balaban J connectivity index is 1.95. The summed E-state index contributed by atoms with van der Waals surface area (Å²) >= 11 is 0. The Labute approximate surface area is 104 Å². The lowest BCUT2D eigenvalue weighted by molar-refractivity contribution is 0.588. The van der Waals surface area contributed by atoms with Crippen molar-refractivity contribution in [2.24, 2.45) is 0 Å². The predicted molar refractivity (Wildman–Crippen MR) is 74.5 cm³/mol. The highest BCUT2D eigenvalue weighted by atomic mass is 15.0. The van der Waals surface area contributed by atoms with E-state index in [0.717, 1.165) is 19.6 Å². The van der Waals surface area contributed by atoms with Crippen molar-refractivity contribution >= 4 is 10.9 Å². The summed E-state index contributed by atoms with van der Waals surface area (Å²) in [5.74, 6) is 0. The molecule has 92 valence electrons. The number of nitrogens with zero attached hydrogens (tertiary/aromatic N) is 1. The molecule has 17 heavy (non-hydrogen) atoms. The Bertz CT molecular complexity index is 471. The van der Waals surface area contributed by atoms with Crippen LogP contribution >= 0.6 is 0 Å². The van der Waals surface area contributed by atoms with Crippen molar-refractivity contribution in [2.45, 2.75) is 33.2 Å². The molecule has 0 aliphatic rings. The second-order valence-corrected chi connectivity index (χ2v) is 4.67. The lowest BCUT2D eigenvalue weighted by atomic mass is 10.2. The van der Waals surface area contributed by atoms with Gasteiger partial charge in [-0.15, -0.1) is 0 Å². The van der Waals surface area contributed by atoms with Crippen LogP contribution in [-0.2, 0) is 6.54 Å². The largest absolute Gasteiger partial charge is 0.346 e. The fraction of sp³-hybridized carbons (Fsp3) is 0.467. The van der Waals surface area contributed by atoms with E-state index < -0.39 is 0 Å². The Morgan fingerprint density at radius 3 is 2.88 bits per heavy atom. The summed E-state index contributed by atoms with van der Waals surface area (Å²) < 4.78 is 2.33. The van der Waals surface area contributed by atoms with E-state index in [1.165, 1.54) is 29.3 Å². The topological polar surface area (TPSA) is 17.0 Å². The zero-order valence-corrected chi connectivity index (χ0v) is 10.9. The Morgan fingerprint density at radius 1 is 1.18 bits per heavy atom. The van der Waals surface area contributed by atoms with Crippen LogP contribution in [0.3, 0.4) is 0 Å². The van der Waals surface area contributed by atoms with Gasteiger partial charge in [0.05, 0.1) is 0 Å². The average Bonchev–Trinajstić information content (AvgIpc) is 2.71. The monoisotopic (exact) mass is 230 g/mol. The molecule has 1 heterocycles. The highest BCUT2D eigenvalue weighted by Gasteiger charge is 2.00. The van der Waals surface area contributed by atoms with Gasteiger partial charge >= 0.3 is 0 Å². The van der Waals surface area contributed by atoms with Gasteiger partial charge in [-0.3, -0.25) is 0 Å². The molecular formula is C15H22N2. The Morgan fingerprint density at radius 2 is 2.06 bits per heavy atom. The summed E-state index contributed by atoms with van der Waals surface area (Å²) in [6.45, 7) is 7.61. The third-order valence-electron chi connectivity index (χ3n) is 3.16. The third-order valence-corrected chi connectivity index (χ3v) is 3.16. The molecule has 0 saturated carbocycles. The maximum Gasteiger partial charge on any atom is 0.0480 e. The van der Waals surface area contributed by atoms with Crippen LogP contribution in [-0.4, -0.2) is 17.7 Å². The first-order chi connectivity index (χ1) is 8.31. The summed E-state index contributed by atoms with van der Waals surface area (Å²) in [4.78, 5) is 0. The zero-order chi connectivity index (χ0) is 12.1. The second-order valence-electron chi connectivity index (χ2n) is 4.67. The minimum atomic E-state index is 1.05. The molecule has 1 N–H and O–H groups in total. The fourth-order valence-corrected chi connectivity index (χ4v) is 2.14. The number of aromatic nitrogens is 1. The van der Waals surface area contributed by atoms with Gasteiger partial charge in [-0.05, 0) is 43.5 Å². The highest BCUT2D eigenvalue weighted by Crippen LogP contribution is 2.16. The number of rotatable bonds is 6. The van der Waals surface area contributed by atoms with Crippen molar-refractivity contribution in [1.82, 2.24) is 9.88 Å². The molecule has 2 aromatic rings. The van der Waals surface area contributed by atoms with Crippen LogP contribution in [0.15, 0.2) is 30.5 Å². The molecule has 0 atom stereocenters. The van der Waals surface area contributed by atoms with Crippen LogP contribution in [0, 0.1) is 6.92 Å². The lowest BCUT2D eigenvalue weighted by Crippen LogP contribution is -2.20. The molecule has 0 aliphatic heterocycles. The van der Waals surface area contributed by atoms with E-state index in [0.29, 0.717) is 0 Å². The van der Waals surface area contributed by atoms with E-state index in [9.17, 15) is 0 Å². The zero-order valence-electron chi connectivity index (χ0n) is 10.9.